The maximum atomic E-state index is 11.0. The van der Waals surface area contributed by atoms with Crippen LogP contribution in [0.5, 0.6) is 5.75 Å². The molecule has 0 aliphatic heterocycles. The SMILES string of the molecule is CNC(=O)NCc1ccc(OC(C)C)cc1. The molecular formula is C12H18N2O2. The van der Waals surface area contributed by atoms with Crippen LogP contribution >= 0.6 is 0 Å². The van der Waals surface area contributed by atoms with Crippen LogP contribution in [0.4, 0.5) is 4.79 Å². The summed E-state index contributed by atoms with van der Waals surface area (Å²) < 4.78 is 5.52. The minimum absolute atomic E-state index is 0.176. The first kappa shape index (κ1) is 12.4. The molecule has 0 spiro atoms. The van der Waals surface area contributed by atoms with Gasteiger partial charge >= 0.3 is 6.03 Å². The molecule has 2 amide bonds. The summed E-state index contributed by atoms with van der Waals surface area (Å²) in [4.78, 5) is 11.0. The minimum atomic E-state index is -0.178. The minimum Gasteiger partial charge on any atom is -0.491 e. The predicted octanol–water partition coefficient (Wildman–Crippen LogP) is 1.90. The topological polar surface area (TPSA) is 50.4 Å². The summed E-state index contributed by atoms with van der Waals surface area (Å²) in [5.41, 5.74) is 1.04. The van der Waals surface area contributed by atoms with E-state index in [0.29, 0.717) is 6.54 Å². The number of hydrogen-bond donors (Lipinski definition) is 2. The highest BCUT2D eigenvalue weighted by molar-refractivity contribution is 5.73. The van der Waals surface area contributed by atoms with E-state index in [1.807, 2.05) is 38.1 Å². The van der Waals surface area contributed by atoms with E-state index in [4.69, 9.17) is 4.74 Å². The quantitative estimate of drug-likeness (QED) is 0.817. The Morgan fingerprint density at radius 2 is 1.94 bits per heavy atom. The van der Waals surface area contributed by atoms with E-state index in [-0.39, 0.29) is 12.1 Å². The summed E-state index contributed by atoms with van der Waals surface area (Å²) in [6.45, 7) is 4.49. The lowest BCUT2D eigenvalue weighted by molar-refractivity contribution is 0.242. The van der Waals surface area contributed by atoms with E-state index in [0.717, 1.165) is 11.3 Å². The number of ether oxygens (including phenoxy) is 1. The number of amides is 2. The van der Waals surface area contributed by atoms with Gasteiger partial charge in [0.25, 0.3) is 0 Å². The van der Waals surface area contributed by atoms with Crippen LogP contribution in [-0.4, -0.2) is 19.2 Å². The van der Waals surface area contributed by atoms with Crippen molar-refractivity contribution in [2.45, 2.75) is 26.5 Å². The van der Waals surface area contributed by atoms with Gasteiger partial charge < -0.3 is 15.4 Å². The Labute approximate surface area is 96.0 Å². The summed E-state index contributed by atoms with van der Waals surface area (Å²) in [6, 6.07) is 7.51. The number of urea groups is 1. The highest BCUT2D eigenvalue weighted by Gasteiger charge is 1.99. The van der Waals surface area contributed by atoms with E-state index in [1.165, 1.54) is 0 Å². The summed E-state index contributed by atoms with van der Waals surface area (Å²) in [5.74, 6) is 0.846. The van der Waals surface area contributed by atoms with Crippen molar-refractivity contribution in [2.75, 3.05) is 7.05 Å². The standard InChI is InChI=1S/C12H18N2O2/c1-9(2)16-11-6-4-10(5-7-11)8-14-12(15)13-3/h4-7,9H,8H2,1-3H3,(H2,13,14,15). The van der Waals surface area contributed by atoms with Gasteiger partial charge in [-0.25, -0.2) is 4.79 Å². The van der Waals surface area contributed by atoms with E-state index in [1.54, 1.807) is 7.05 Å². The molecule has 0 fully saturated rings. The third-order valence-corrected chi connectivity index (χ3v) is 1.98. The second kappa shape index (κ2) is 6.00. The maximum absolute atomic E-state index is 11.0. The molecule has 4 nitrogen and oxygen atoms in total. The van der Waals surface area contributed by atoms with E-state index >= 15 is 0 Å². The Balaban J connectivity index is 2.48. The Kier molecular flexibility index (Phi) is 4.64. The second-order valence-electron chi connectivity index (χ2n) is 3.74. The zero-order valence-electron chi connectivity index (χ0n) is 9.91. The van der Waals surface area contributed by atoms with Crippen molar-refractivity contribution in [3.8, 4) is 5.75 Å². The van der Waals surface area contributed by atoms with Crippen molar-refractivity contribution < 1.29 is 9.53 Å². The molecule has 0 heterocycles. The largest absolute Gasteiger partial charge is 0.491 e. The molecule has 1 rings (SSSR count). The van der Waals surface area contributed by atoms with Gasteiger partial charge in [-0.3, -0.25) is 0 Å². The predicted molar refractivity (Wildman–Crippen MR) is 63.5 cm³/mol. The van der Waals surface area contributed by atoms with Crippen LogP contribution in [0.15, 0.2) is 24.3 Å². The third kappa shape index (κ3) is 4.21. The van der Waals surface area contributed by atoms with Crippen LogP contribution in [0.3, 0.4) is 0 Å². The highest BCUT2D eigenvalue weighted by Crippen LogP contribution is 2.13. The number of benzene rings is 1. The monoisotopic (exact) mass is 222 g/mol. The smallest absolute Gasteiger partial charge is 0.314 e. The first-order valence-corrected chi connectivity index (χ1v) is 5.33. The third-order valence-electron chi connectivity index (χ3n) is 1.98. The van der Waals surface area contributed by atoms with Crippen molar-refractivity contribution in [3.63, 3.8) is 0 Å². The summed E-state index contributed by atoms with van der Waals surface area (Å²) in [6.07, 6.45) is 0.176. The molecule has 0 radical (unpaired) electrons. The van der Waals surface area contributed by atoms with Gasteiger partial charge in [0.1, 0.15) is 5.75 Å². The fourth-order valence-electron chi connectivity index (χ4n) is 1.23. The van der Waals surface area contributed by atoms with Gasteiger partial charge in [-0.2, -0.15) is 0 Å². The van der Waals surface area contributed by atoms with Crippen molar-refractivity contribution in [2.24, 2.45) is 0 Å². The lowest BCUT2D eigenvalue weighted by atomic mass is 10.2. The Morgan fingerprint density at radius 1 is 1.31 bits per heavy atom. The lowest BCUT2D eigenvalue weighted by Crippen LogP contribution is -2.32. The number of hydrogen-bond acceptors (Lipinski definition) is 2. The van der Waals surface area contributed by atoms with E-state index < -0.39 is 0 Å². The number of carbonyl (C=O) groups is 1. The van der Waals surface area contributed by atoms with Gasteiger partial charge in [0.2, 0.25) is 0 Å². The molecular weight excluding hydrogens is 204 g/mol. The molecule has 0 unspecified atom stereocenters. The highest BCUT2D eigenvalue weighted by atomic mass is 16.5. The Morgan fingerprint density at radius 3 is 2.44 bits per heavy atom. The molecule has 0 aliphatic rings. The van der Waals surface area contributed by atoms with Crippen LogP contribution in [0.1, 0.15) is 19.4 Å². The van der Waals surface area contributed by atoms with Crippen LogP contribution in [0.25, 0.3) is 0 Å². The Bertz CT molecular complexity index is 333. The Hall–Kier alpha value is -1.71. The second-order valence-corrected chi connectivity index (χ2v) is 3.74. The molecule has 0 aromatic heterocycles. The average molecular weight is 222 g/mol. The summed E-state index contributed by atoms with van der Waals surface area (Å²) in [7, 11) is 1.59. The summed E-state index contributed by atoms with van der Waals surface area (Å²) in [5, 5.41) is 5.22. The van der Waals surface area contributed by atoms with Crippen molar-refractivity contribution in [1.82, 2.24) is 10.6 Å². The van der Waals surface area contributed by atoms with Gasteiger partial charge in [0.05, 0.1) is 6.10 Å². The van der Waals surface area contributed by atoms with Crippen LogP contribution < -0.4 is 15.4 Å². The fraction of sp³-hybridized carbons (Fsp3) is 0.417. The van der Waals surface area contributed by atoms with Crippen LogP contribution in [-0.2, 0) is 6.54 Å². The molecule has 0 bridgehead atoms. The van der Waals surface area contributed by atoms with Gasteiger partial charge in [-0.15, -0.1) is 0 Å². The average Bonchev–Trinajstić information content (AvgIpc) is 2.27. The first-order chi connectivity index (χ1) is 7.61. The normalized spacial score (nSPS) is 10.0. The van der Waals surface area contributed by atoms with Gasteiger partial charge in [-0.05, 0) is 31.5 Å². The van der Waals surface area contributed by atoms with Crippen LogP contribution in [0, 0.1) is 0 Å². The van der Waals surface area contributed by atoms with Gasteiger partial charge in [-0.1, -0.05) is 12.1 Å². The number of nitrogens with one attached hydrogen (secondary N) is 2. The van der Waals surface area contributed by atoms with E-state index in [9.17, 15) is 4.79 Å². The molecule has 4 heteroatoms. The molecule has 88 valence electrons. The molecule has 1 aromatic carbocycles. The molecule has 0 saturated heterocycles. The van der Waals surface area contributed by atoms with Crippen LogP contribution in [0.2, 0.25) is 0 Å². The van der Waals surface area contributed by atoms with Crippen molar-refractivity contribution >= 4 is 6.03 Å². The van der Waals surface area contributed by atoms with E-state index in [2.05, 4.69) is 10.6 Å². The first-order valence-electron chi connectivity index (χ1n) is 5.33. The molecule has 16 heavy (non-hydrogen) atoms. The maximum Gasteiger partial charge on any atom is 0.314 e. The number of rotatable bonds is 4. The summed E-state index contributed by atoms with van der Waals surface area (Å²) >= 11 is 0. The molecule has 1 aromatic rings. The molecule has 0 saturated carbocycles. The molecule has 0 aliphatic carbocycles. The molecule has 2 N–H and O–H groups in total. The lowest BCUT2D eigenvalue weighted by Gasteiger charge is -2.10. The van der Waals surface area contributed by atoms with Gasteiger partial charge in [0, 0.05) is 13.6 Å². The molecule has 0 atom stereocenters. The zero-order chi connectivity index (χ0) is 12.0. The fourth-order valence-corrected chi connectivity index (χ4v) is 1.23. The number of carbonyl (C=O) groups excluding carboxylic acids is 1. The van der Waals surface area contributed by atoms with Crippen molar-refractivity contribution in [1.29, 1.82) is 0 Å². The zero-order valence-corrected chi connectivity index (χ0v) is 9.91. The van der Waals surface area contributed by atoms with Gasteiger partial charge in [0.15, 0.2) is 0 Å². The van der Waals surface area contributed by atoms with Crippen molar-refractivity contribution in [3.05, 3.63) is 29.8 Å².